The van der Waals surface area contributed by atoms with Gasteiger partial charge in [0.1, 0.15) is 0 Å². The van der Waals surface area contributed by atoms with Gasteiger partial charge in [0, 0.05) is 26.2 Å². The third-order valence-electron chi connectivity index (χ3n) is 5.61. The van der Waals surface area contributed by atoms with Gasteiger partial charge in [-0.1, -0.05) is 30.3 Å². The second-order valence-electron chi connectivity index (χ2n) is 7.28. The summed E-state index contributed by atoms with van der Waals surface area (Å²) in [4.78, 5) is 12.2. The van der Waals surface area contributed by atoms with Crippen molar-refractivity contribution in [3.8, 4) is 0 Å². The molecule has 0 aromatic heterocycles. The van der Waals surface area contributed by atoms with Gasteiger partial charge in [-0.15, -0.1) is 0 Å². The molecule has 2 fully saturated rings. The predicted molar refractivity (Wildman–Crippen MR) is 106 cm³/mol. The van der Waals surface area contributed by atoms with E-state index < -0.39 is 10.2 Å². The van der Waals surface area contributed by atoms with Gasteiger partial charge in [-0.2, -0.15) is 17.0 Å². The number of benzene rings is 1. The van der Waals surface area contributed by atoms with Gasteiger partial charge >= 0.3 is 5.97 Å². The topological polar surface area (TPSA) is 76.2 Å². The zero-order chi connectivity index (χ0) is 20.0. The van der Waals surface area contributed by atoms with E-state index in [0.717, 1.165) is 18.4 Å². The molecule has 0 amide bonds. The van der Waals surface area contributed by atoms with Crippen molar-refractivity contribution in [2.45, 2.75) is 32.1 Å². The lowest BCUT2D eigenvalue weighted by atomic mass is 9.78. The highest BCUT2D eigenvalue weighted by molar-refractivity contribution is 7.86. The van der Waals surface area contributed by atoms with Crippen molar-refractivity contribution >= 4 is 16.2 Å². The van der Waals surface area contributed by atoms with Crippen molar-refractivity contribution in [2.75, 3.05) is 46.0 Å². The van der Waals surface area contributed by atoms with Crippen molar-refractivity contribution in [3.63, 3.8) is 0 Å². The van der Waals surface area contributed by atoms with Crippen LogP contribution >= 0.6 is 0 Å². The lowest BCUT2D eigenvalue weighted by Gasteiger charge is -2.38. The number of hydrogen-bond acceptors (Lipinski definition) is 5. The normalized spacial score (nSPS) is 21.3. The van der Waals surface area contributed by atoms with Gasteiger partial charge in [0.2, 0.25) is 0 Å². The van der Waals surface area contributed by atoms with Crippen LogP contribution in [0.5, 0.6) is 0 Å². The molecular formula is C20H30N2O5S. The molecule has 0 bridgehead atoms. The minimum absolute atomic E-state index is 0.0495. The van der Waals surface area contributed by atoms with E-state index in [1.54, 1.807) is 4.31 Å². The molecule has 156 valence electrons. The lowest BCUT2D eigenvalue weighted by molar-refractivity contribution is -0.144. The third-order valence-corrected chi connectivity index (χ3v) is 7.65. The van der Waals surface area contributed by atoms with Crippen LogP contribution in [0.2, 0.25) is 0 Å². The number of rotatable bonds is 7. The number of nitrogens with zero attached hydrogens (tertiary/aromatic N) is 2. The Labute approximate surface area is 167 Å². The molecule has 2 aliphatic rings. The minimum atomic E-state index is -3.44. The molecule has 0 N–H and O–H groups in total. The van der Waals surface area contributed by atoms with E-state index in [4.69, 9.17) is 9.47 Å². The van der Waals surface area contributed by atoms with Gasteiger partial charge in [0.15, 0.2) is 0 Å². The van der Waals surface area contributed by atoms with Crippen molar-refractivity contribution in [3.05, 3.63) is 35.9 Å². The van der Waals surface area contributed by atoms with Crippen molar-refractivity contribution < 1.29 is 22.7 Å². The van der Waals surface area contributed by atoms with Crippen molar-refractivity contribution in [1.82, 2.24) is 8.61 Å². The predicted octanol–water partition coefficient (Wildman–Crippen LogP) is 2.01. The second-order valence-corrected chi connectivity index (χ2v) is 9.21. The summed E-state index contributed by atoms with van der Waals surface area (Å²) in [5.41, 5.74) is 1.12. The van der Waals surface area contributed by atoms with E-state index >= 15 is 0 Å². The molecule has 1 atom stereocenters. The molecule has 0 radical (unpaired) electrons. The Morgan fingerprint density at radius 1 is 1.11 bits per heavy atom. The number of piperidine rings is 1. The number of ether oxygens (including phenoxy) is 2. The molecule has 8 heteroatoms. The van der Waals surface area contributed by atoms with Gasteiger partial charge < -0.3 is 9.47 Å². The molecule has 2 aliphatic heterocycles. The first-order valence-electron chi connectivity index (χ1n) is 10.1. The highest BCUT2D eigenvalue weighted by Gasteiger charge is 2.36. The zero-order valence-corrected chi connectivity index (χ0v) is 17.3. The standard InChI is InChI=1S/C20H30N2O5S/c1-2-27-20(23)16-19(17-6-4-3-5-7-17)18-8-10-21(11-9-18)28(24,25)22-12-14-26-15-13-22/h3-7,18-19H,2,8-16H2,1H3/t19-/m0/s1. The average Bonchev–Trinajstić information content (AvgIpc) is 2.74. The molecule has 1 aromatic carbocycles. The Hall–Kier alpha value is -1.48. The summed E-state index contributed by atoms with van der Waals surface area (Å²) in [6.07, 6.45) is 1.81. The third kappa shape index (κ3) is 5.11. The Balaban J connectivity index is 1.67. The molecule has 0 aliphatic carbocycles. The molecule has 0 saturated carbocycles. The largest absolute Gasteiger partial charge is 0.466 e. The number of hydrogen-bond donors (Lipinski definition) is 0. The average molecular weight is 411 g/mol. The molecular weight excluding hydrogens is 380 g/mol. The van der Waals surface area contributed by atoms with E-state index in [1.165, 1.54) is 4.31 Å². The summed E-state index contributed by atoms with van der Waals surface area (Å²) >= 11 is 0. The number of morpholine rings is 1. The van der Waals surface area contributed by atoms with Crippen LogP contribution in [0, 0.1) is 5.92 Å². The fraction of sp³-hybridized carbons (Fsp3) is 0.650. The zero-order valence-electron chi connectivity index (χ0n) is 16.5. The Morgan fingerprint density at radius 2 is 1.71 bits per heavy atom. The number of carbonyl (C=O) groups excluding carboxylic acids is 1. The van der Waals surface area contributed by atoms with Gasteiger partial charge in [0.05, 0.1) is 26.2 Å². The first-order valence-corrected chi connectivity index (χ1v) is 11.5. The smallest absolute Gasteiger partial charge is 0.306 e. The lowest BCUT2D eigenvalue weighted by Crippen LogP contribution is -2.51. The summed E-state index contributed by atoms with van der Waals surface area (Å²) in [5, 5.41) is 0. The van der Waals surface area contributed by atoms with Crippen LogP contribution < -0.4 is 0 Å². The summed E-state index contributed by atoms with van der Waals surface area (Å²) in [6, 6.07) is 10.0. The molecule has 2 heterocycles. The maximum Gasteiger partial charge on any atom is 0.306 e. The molecule has 28 heavy (non-hydrogen) atoms. The Morgan fingerprint density at radius 3 is 2.32 bits per heavy atom. The van der Waals surface area contributed by atoms with Gasteiger partial charge in [-0.25, -0.2) is 0 Å². The Bertz CT molecular complexity index is 726. The second kappa shape index (κ2) is 9.82. The monoisotopic (exact) mass is 410 g/mol. The van der Waals surface area contributed by atoms with Crippen molar-refractivity contribution in [2.24, 2.45) is 5.92 Å². The SMILES string of the molecule is CCOC(=O)C[C@@H](c1ccccc1)C1CCN(S(=O)(=O)N2CCOCC2)CC1. The van der Waals surface area contributed by atoms with Crippen LogP contribution in [0.15, 0.2) is 30.3 Å². The van der Waals surface area contributed by atoms with Gasteiger partial charge in [-0.05, 0) is 37.2 Å². The summed E-state index contributed by atoms with van der Waals surface area (Å²) in [6.45, 7) is 4.88. The van der Waals surface area contributed by atoms with Crippen LogP contribution in [-0.4, -0.2) is 69.0 Å². The maximum absolute atomic E-state index is 12.9. The van der Waals surface area contributed by atoms with E-state index in [-0.39, 0.29) is 17.8 Å². The summed E-state index contributed by atoms with van der Waals surface area (Å²) in [7, 11) is -3.44. The fourth-order valence-corrected chi connectivity index (χ4v) is 5.72. The molecule has 0 spiro atoms. The number of esters is 1. The van der Waals surface area contributed by atoms with E-state index in [0.29, 0.717) is 52.4 Å². The quantitative estimate of drug-likeness (QED) is 0.643. The molecule has 1 aromatic rings. The summed E-state index contributed by atoms with van der Waals surface area (Å²) < 4.78 is 39.3. The highest BCUT2D eigenvalue weighted by Crippen LogP contribution is 2.36. The maximum atomic E-state index is 12.9. The summed E-state index contributed by atoms with van der Waals surface area (Å²) in [5.74, 6) is 0.108. The highest BCUT2D eigenvalue weighted by atomic mass is 32.2. The van der Waals surface area contributed by atoms with Crippen LogP contribution in [0.4, 0.5) is 0 Å². The van der Waals surface area contributed by atoms with Crippen molar-refractivity contribution in [1.29, 1.82) is 0 Å². The molecule has 0 unspecified atom stereocenters. The van der Waals surface area contributed by atoms with Gasteiger partial charge in [0.25, 0.3) is 10.2 Å². The molecule has 2 saturated heterocycles. The fourth-order valence-electron chi connectivity index (χ4n) is 4.11. The van der Waals surface area contributed by atoms with E-state index in [2.05, 4.69) is 0 Å². The van der Waals surface area contributed by atoms with Crippen LogP contribution in [0.1, 0.15) is 37.7 Å². The van der Waals surface area contributed by atoms with E-state index in [1.807, 2.05) is 37.3 Å². The Kier molecular flexibility index (Phi) is 7.45. The molecule has 3 rings (SSSR count). The minimum Gasteiger partial charge on any atom is -0.466 e. The number of carbonyl (C=O) groups is 1. The van der Waals surface area contributed by atoms with E-state index in [9.17, 15) is 13.2 Å². The first-order chi connectivity index (χ1) is 13.5. The van der Waals surface area contributed by atoms with Crippen LogP contribution in [0.3, 0.4) is 0 Å². The molecule has 7 nitrogen and oxygen atoms in total. The van der Waals surface area contributed by atoms with Gasteiger partial charge in [-0.3, -0.25) is 4.79 Å². The van der Waals surface area contributed by atoms with Crippen LogP contribution in [-0.2, 0) is 24.5 Å². The first kappa shape index (κ1) is 21.2. The van der Waals surface area contributed by atoms with Crippen LogP contribution in [0.25, 0.3) is 0 Å².